The fourth-order valence-corrected chi connectivity index (χ4v) is 2.49. The second-order valence-corrected chi connectivity index (χ2v) is 4.88. The molecule has 5 heteroatoms. The maximum absolute atomic E-state index is 11.5. The molecule has 0 unspecified atom stereocenters. The number of imidazole rings is 1. The number of hydrogen-bond donors (Lipinski definition) is 1. The van der Waals surface area contributed by atoms with Crippen molar-refractivity contribution in [3.8, 4) is 6.01 Å². The van der Waals surface area contributed by atoms with E-state index in [0.29, 0.717) is 30.2 Å². The summed E-state index contributed by atoms with van der Waals surface area (Å²) < 4.78 is 7.40. The molecule has 0 aliphatic heterocycles. The van der Waals surface area contributed by atoms with Crippen molar-refractivity contribution in [1.29, 1.82) is 0 Å². The molecule has 1 N–H and O–H groups in total. The minimum atomic E-state index is -0.970. The van der Waals surface area contributed by atoms with Crippen LogP contribution in [0.15, 0.2) is 48.5 Å². The van der Waals surface area contributed by atoms with Gasteiger partial charge in [-0.15, -0.1) is 0 Å². The molecule has 0 aliphatic rings. The van der Waals surface area contributed by atoms with E-state index in [2.05, 4.69) is 4.98 Å². The van der Waals surface area contributed by atoms with Crippen molar-refractivity contribution in [2.75, 3.05) is 6.61 Å². The van der Waals surface area contributed by atoms with Gasteiger partial charge in [-0.2, -0.15) is 4.98 Å². The monoisotopic (exact) mass is 296 g/mol. The van der Waals surface area contributed by atoms with Crippen molar-refractivity contribution < 1.29 is 14.6 Å². The van der Waals surface area contributed by atoms with E-state index in [0.717, 1.165) is 5.56 Å². The van der Waals surface area contributed by atoms with Gasteiger partial charge in [0.15, 0.2) is 0 Å². The van der Waals surface area contributed by atoms with Gasteiger partial charge in [0.2, 0.25) is 0 Å². The van der Waals surface area contributed by atoms with Crippen LogP contribution in [0.2, 0.25) is 0 Å². The van der Waals surface area contributed by atoms with Crippen molar-refractivity contribution in [3.63, 3.8) is 0 Å². The Morgan fingerprint density at radius 2 is 1.95 bits per heavy atom. The summed E-state index contributed by atoms with van der Waals surface area (Å²) in [5.74, 6) is -0.970. The lowest BCUT2D eigenvalue weighted by molar-refractivity contribution is 0.0698. The van der Waals surface area contributed by atoms with Crippen molar-refractivity contribution in [2.24, 2.45) is 0 Å². The minimum Gasteiger partial charge on any atom is -0.478 e. The first-order chi connectivity index (χ1) is 10.7. The largest absolute Gasteiger partial charge is 0.478 e. The van der Waals surface area contributed by atoms with Gasteiger partial charge >= 0.3 is 5.97 Å². The Morgan fingerprint density at radius 1 is 1.18 bits per heavy atom. The Morgan fingerprint density at radius 3 is 2.64 bits per heavy atom. The zero-order chi connectivity index (χ0) is 15.5. The summed E-state index contributed by atoms with van der Waals surface area (Å²) in [7, 11) is 0. The molecule has 0 radical (unpaired) electrons. The van der Waals surface area contributed by atoms with Crippen LogP contribution in [0.25, 0.3) is 11.0 Å². The predicted octanol–water partition coefficient (Wildman–Crippen LogP) is 3.18. The number of fused-ring (bicyclic) bond motifs is 1. The van der Waals surface area contributed by atoms with Gasteiger partial charge in [0.1, 0.15) is 0 Å². The summed E-state index contributed by atoms with van der Waals surface area (Å²) in [4.78, 5) is 15.9. The van der Waals surface area contributed by atoms with E-state index in [1.54, 1.807) is 18.2 Å². The molecule has 1 heterocycles. The zero-order valence-corrected chi connectivity index (χ0v) is 12.2. The summed E-state index contributed by atoms with van der Waals surface area (Å²) in [5, 5.41) is 9.43. The average molecular weight is 296 g/mol. The number of aromatic carboxylic acids is 1. The summed E-state index contributed by atoms with van der Waals surface area (Å²) >= 11 is 0. The number of benzene rings is 2. The van der Waals surface area contributed by atoms with Crippen LogP contribution >= 0.6 is 0 Å². The first-order valence-corrected chi connectivity index (χ1v) is 7.10. The number of hydrogen-bond acceptors (Lipinski definition) is 3. The molecular formula is C17H16N2O3. The quantitative estimate of drug-likeness (QED) is 0.785. The van der Waals surface area contributed by atoms with Gasteiger partial charge in [0, 0.05) is 0 Å². The van der Waals surface area contributed by atoms with Crippen LogP contribution in [0, 0.1) is 0 Å². The Bertz CT molecular complexity index is 809. The Kier molecular flexibility index (Phi) is 3.78. The number of rotatable bonds is 5. The van der Waals surface area contributed by atoms with E-state index in [-0.39, 0.29) is 5.56 Å². The SMILES string of the molecule is CCOc1nc2cccc(C(=O)O)c2n1Cc1ccccc1. The highest BCUT2D eigenvalue weighted by molar-refractivity contribution is 6.01. The molecule has 0 bridgehead atoms. The third kappa shape index (κ3) is 2.53. The Balaban J connectivity index is 2.20. The molecule has 5 nitrogen and oxygen atoms in total. The number of ether oxygens (including phenoxy) is 1. The molecule has 0 fully saturated rings. The third-order valence-corrected chi connectivity index (χ3v) is 3.42. The van der Waals surface area contributed by atoms with Crippen LogP contribution in [0.4, 0.5) is 0 Å². The first-order valence-electron chi connectivity index (χ1n) is 7.10. The Hall–Kier alpha value is -2.82. The highest BCUT2D eigenvalue weighted by Crippen LogP contribution is 2.26. The van der Waals surface area contributed by atoms with E-state index < -0.39 is 5.97 Å². The van der Waals surface area contributed by atoms with Gasteiger partial charge in [-0.25, -0.2) is 4.79 Å². The lowest BCUT2D eigenvalue weighted by atomic mass is 10.1. The number of para-hydroxylation sites is 1. The number of carbonyl (C=O) groups is 1. The highest BCUT2D eigenvalue weighted by Gasteiger charge is 2.18. The topological polar surface area (TPSA) is 64.3 Å². The van der Waals surface area contributed by atoms with E-state index in [9.17, 15) is 9.90 Å². The highest BCUT2D eigenvalue weighted by atomic mass is 16.5. The van der Waals surface area contributed by atoms with Gasteiger partial charge < -0.3 is 9.84 Å². The number of nitrogens with zero attached hydrogens (tertiary/aromatic N) is 2. The maximum Gasteiger partial charge on any atom is 0.337 e. The molecule has 0 saturated carbocycles. The summed E-state index contributed by atoms with van der Waals surface area (Å²) in [6.45, 7) is 2.86. The number of aromatic nitrogens is 2. The minimum absolute atomic E-state index is 0.229. The normalized spacial score (nSPS) is 10.8. The third-order valence-electron chi connectivity index (χ3n) is 3.42. The van der Waals surface area contributed by atoms with Crippen molar-refractivity contribution in [2.45, 2.75) is 13.5 Å². The summed E-state index contributed by atoms with van der Waals surface area (Å²) in [6, 6.07) is 15.4. The smallest absolute Gasteiger partial charge is 0.337 e. The molecule has 1 aromatic heterocycles. The first kappa shape index (κ1) is 14.1. The van der Waals surface area contributed by atoms with E-state index in [4.69, 9.17) is 4.74 Å². The molecule has 3 rings (SSSR count). The molecule has 0 amide bonds. The van der Waals surface area contributed by atoms with E-state index >= 15 is 0 Å². The summed E-state index contributed by atoms with van der Waals surface area (Å²) in [6.07, 6.45) is 0. The van der Waals surface area contributed by atoms with Crippen LogP contribution in [-0.4, -0.2) is 27.2 Å². The molecule has 0 aliphatic carbocycles. The lowest BCUT2D eigenvalue weighted by Crippen LogP contribution is -2.07. The number of carboxylic acid groups (broad SMARTS) is 1. The van der Waals surface area contributed by atoms with Gasteiger partial charge in [0.05, 0.1) is 29.7 Å². The standard InChI is InChI=1S/C17H16N2O3/c1-2-22-17-18-14-10-6-9-13(16(20)21)15(14)19(17)11-12-7-4-3-5-8-12/h3-10H,2,11H2,1H3,(H,20,21). The predicted molar refractivity (Wildman–Crippen MR) is 83.4 cm³/mol. The fraction of sp³-hybridized carbons (Fsp3) is 0.176. The fourth-order valence-electron chi connectivity index (χ4n) is 2.49. The second-order valence-electron chi connectivity index (χ2n) is 4.88. The molecule has 22 heavy (non-hydrogen) atoms. The van der Waals surface area contributed by atoms with Crippen LogP contribution in [0.5, 0.6) is 6.01 Å². The molecule has 2 aromatic carbocycles. The zero-order valence-electron chi connectivity index (χ0n) is 12.2. The molecule has 0 saturated heterocycles. The van der Waals surface area contributed by atoms with Crippen LogP contribution in [0.1, 0.15) is 22.8 Å². The molecule has 112 valence electrons. The second kappa shape index (κ2) is 5.89. The van der Waals surface area contributed by atoms with Gasteiger partial charge in [0.25, 0.3) is 6.01 Å². The van der Waals surface area contributed by atoms with E-state index in [1.807, 2.05) is 41.8 Å². The Labute approximate surface area is 127 Å². The van der Waals surface area contributed by atoms with Crippen LogP contribution in [0.3, 0.4) is 0 Å². The average Bonchev–Trinajstić information content (AvgIpc) is 2.86. The van der Waals surface area contributed by atoms with Gasteiger partial charge in [-0.1, -0.05) is 36.4 Å². The van der Waals surface area contributed by atoms with E-state index in [1.165, 1.54) is 0 Å². The molecule has 3 aromatic rings. The molecule has 0 spiro atoms. The maximum atomic E-state index is 11.5. The lowest BCUT2D eigenvalue weighted by Gasteiger charge is -2.10. The van der Waals surface area contributed by atoms with Crippen LogP contribution in [-0.2, 0) is 6.54 Å². The molecular weight excluding hydrogens is 280 g/mol. The molecule has 0 atom stereocenters. The van der Waals surface area contributed by atoms with Gasteiger partial charge in [-0.3, -0.25) is 4.57 Å². The van der Waals surface area contributed by atoms with Crippen LogP contribution < -0.4 is 4.74 Å². The summed E-state index contributed by atoms with van der Waals surface area (Å²) in [5.41, 5.74) is 2.50. The van der Waals surface area contributed by atoms with Crippen molar-refractivity contribution in [1.82, 2.24) is 9.55 Å². The van der Waals surface area contributed by atoms with Crippen molar-refractivity contribution >= 4 is 17.0 Å². The number of carboxylic acids is 1. The van der Waals surface area contributed by atoms with Crippen molar-refractivity contribution in [3.05, 3.63) is 59.7 Å². The van der Waals surface area contributed by atoms with Gasteiger partial charge in [-0.05, 0) is 24.6 Å².